The molecule has 1 aliphatic rings. The van der Waals surface area contributed by atoms with Crippen molar-refractivity contribution in [3.05, 3.63) is 29.9 Å². The second-order valence-corrected chi connectivity index (χ2v) is 6.68. The van der Waals surface area contributed by atoms with Gasteiger partial charge in [0.15, 0.2) is 5.76 Å². The van der Waals surface area contributed by atoms with Gasteiger partial charge in [-0.25, -0.2) is 4.98 Å². The molecule has 1 amide bonds. The SMILES string of the molecule is CCCCC1CCCC1NC(=O)Cc1nc(-c2ccco2)oc1C. The molecule has 24 heavy (non-hydrogen) atoms. The lowest BCUT2D eigenvalue weighted by Crippen LogP contribution is -2.38. The van der Waals surface area contributed by atoms with Gasteiger partial charge in [-0.3, -0.25) is 4.79 Å². The standard InChI is InChI=1S/C19H26N2O3/c1-3-4-7-14-8-5-9-15(14)20-18(22)12-16-13(2)24-19(21-16)17-10-6-11-23-17/h6,10-11,14-15H,3-5,7-9,12H2,1-2H3,(H,20,22). The fraction of sp³-hybridized carbons (Fsp3) is 0.579. The average molecular weight is 330 g/mol. The molecule has 2 aromatic rings. The number of aromatic nitrogens is 1. The second-order valence-electron chi connectivity index (χ2n) is 6.68. The molecule has 5 heteroatoms. The predicted octanol–water partition coefficient (Wildman–Crippen LogP) is 4.26. The molecule has 2 atom stereocenters. The number of aryl methyl sites for hydroxylation is 1. The smallest absolute Gasteiger partial charge is 0.263 e. The molecule has 1 N–H and O–H groups in total. The van der Waals surface area contributed by atoms with E-state index < -0.39 is 0 Å². The molecule has 0 saturated heterocycles. The number of oxazole rings is 1. The molecule has 0 aliphatic heterocycles. The number of furan rings is 1. The van der Waals surface area contributed by atoms with Crippen LogP contribution in [0.3, 0.4) is 0 Å². The highest BCUT2D eigenvalue weighted by Crippen LogP contribution is 2.30. The Labute approximate surface area is 142 Å². The predicted molar refractivity (Wildman–Crippen MR) is 91.4 cm³/mol. The minimum atomic E-state index is 0.0331. The highest BCUT2D eigenvalue weighted by molar-refractivity contribution is 5.78. The van der Waals surface area contributed by atoms with Gasteiger partial charge < -0.3 is 14.2 Å². The number of carbonyl (C=O) groups excluding carboxylic acids is 1. The van der Waals surface area contributed by atoms with Crippen molar-refractivity contribution < 1.29 is 13.6 Å². The highest BCUT2D eigenvalue weighted by atomic mass is 16.4. The molecular weight excluding hydrogens is 304 g/mol. The molecule has 130 valence electrons. The molecule has 2 aromatic heterocycles. The van der Waals surface area contributed by atoms with Gasteiger partial charge in [0.25, 0.3) is 5.89 Å². The Hall–Kier alpha value is -2.04. The average Bonchev–Trinajstić information content (AvgIpc) is 3.28. The molecule has 1 fully saturated rings. The number of hydrogen-bond donors (Lipinski definition) is 1. The van der Waals surface area contributed by atoms with Gasteiger partial charge in [-0.05, 0) is 44.2 Å². The highest BCUT2D eigenvalue weighted by Gasteiger charge is 2.28. The van der Waals surface area contributed by atoms with Crippen LogP contribution in [0.4, 0.5) is 0 Å². The van der Waals surface area contributed by atoms with E-state index in [9.17, 15) is 4.79 Å². The maximum absolute atomic E-state index is 12.4. The Balaban J connectivity index is 1.59. The number of unbranched alkanes of at least 4 members (excludes halogenated alkanes) is 1. The van der Waals surface area contributed by atoms with Gasteiger partial charge >= 0.3 is 0 Å². The normalized spacial score (nSPS) is 20.4. The molecule has 1 saturated carbocycles. The zero-order chi connectivity index (χ0) is 16.9. The molecule has 0 aromatic carbocycles. The van der Waals surface area contributed by atoms with Crippen molar-refractivity contribution in [1.82, 2.24) is 10.3 Å². The summed E-state index contributed by atoms with van der Waals surface area (Å²) < 4.78 is 10.9. The van der Waals surface area contributed by atoms with Crippen LogP contribution in [-0.2, 0) is 11.2 Å². The van der Waals surface area contributed by atoms with E-state index in [0.717, 1.165) is 6.42 Å². The van der Waals surface area contributed by atoms with Gasteiger partial charge in [0, 0.05) is 6.04 Å². The minimum absolute atomic E-state index is 0.0331. The Morgan fingerprint density at radius 1 is 1.42 bits per heavy atom. The van der Waals surface area contributed by atoms with Gasteiger partial charge in [-0.1, -0.05) is 26.2 Å². The minimum Gasteiger partial charge on any atom is -0.459 e. The van der Waals surface area contributed by atoms with Crippen LogP contribution >= 0.6 is 0 Å². The summed E-state index contributed by atoms with van der Waals surface area (Å²) in [6.45, 7) is 4.05. The Morgan fingerprint density at radius 3 is 3.04 bits per heavy atom. The largest absolute Gasteiger partial charge is 0.459 e. The van der Waals surface area contributed by atoms with Crippen molar-refractivity contribution >= 4 is 5.91 Å². The van der Waals surface area contributed by atoms with Crippen molar-refractivity contribution in [1.29, 1.82) is 0 Å². The molecule has 2 heterocycles. The topological polar surface area (TPSA) is 68.3 Å². The van der Waals surface area contributed by atoms with Crippen LogP contribution < -0.4 is 5.32 Å². The third-order valence-electron chi connectivity index (χ3n) is 4.89. The Kier molecular flexibility index (Phi) is 5.38. The van der Waals surface area contributed by atoms with E-state index in [2.05, 4.69) is 17.2 Å². The number of hydrogen-bond acceptors (Lipinski definition) is 4. The molecular formula is C19H26N2O3. The summed E-state index contributed by atoms with van der Waals surface area (Å²) in [5, 5.41) is 3.21. The zero-order valence-corrected chi connectivity index (χ0v) is 14.5. The summed E-state index contributed by atoms with van der Waals surface area (Å²) in [5.74, 6) is 2.35. The van der Waals surface area contributed by atoms with Crippen LogP contribution in [0.15, 0.2) is 27.2 Å². The fourth-order valence-electron chi connectivity index (χ4n) is 3.55. The lowest BCUT2D eigenvalue weighted by molar-refractivity contribution is -0.121. The van der Waals surface area contributed by atoms with Crippen LogP contribution in [-0.4, -0.2) is 16.9 Å². The van der Waals surface area contributed by atoms with Gasteiger partial charge in [0.05, 0.1) is 18.4 Å². The summed E-state index contributed by atoms with van der Waals surface area (Å²) in [6.07, 6.45) is 9.05. The van der Waals surface area contributed by atoms with Crippen LogP contribution in [0.1, 0.15) is 56.9 Å². The van der Waals surface area contributed by atoms with Crippen molar-refractivity contribution in [2.24, 2.45) is 5.92 Å². The second kappa shape index (κ2) is 7.69. The third kappa shape index (κ3) is 3.89. The van der Waals surface area contributed by atoms with E-state index in [1.807, 2.05) is 6.92 Å². The van der Waals surface area contributed by atoms with E-state index in [0.29, 0.717) is 35.1 Å². The number of carbonyl (C=O) groups is 1. The van der Waals surface area contributed by atoms with Crippen molar-refractivity contribution in [2.45, 2.75) is 64.8 Å². The fourth-order valence-corrected chi connectivity index (χ4v) is 3.55. The van der Waals surface area contributed by atoms with Crippen molar-refractivity contribution in [3.8, 4) is 11.7 Å². The molecule has 0 spiro atoms. The molecule has 3 rings (SSSR count). The first-order chi connectivity index (χ1) is 11.7. The van der Waals surface area contributed by atoms with Crippen LogP contribution in [0.2, 0.25) is 0 Å². The molecule has 0 radical (unpaired) electrons. The van der Waals surface area contributed by atoms with Gasteiger partial charge in [-0.15, -0.1) is 0 Å². The zero-order valence-electron chi connectivity index (χ0n) is 14.5. The quantitative estimate of drug-likeness (QED) is 0.823. The molecule has 1 aliphatic carbocycles. The maximum atomic E-state index is 12.4. The summed E-state index contributed by atoms with van der Waals surface area (Å²) in [4.78, 5) is 16.8. The van der Waals surface area contributed by atoms with Crippen LogP contribution in [0.5, 0.6) is 0 Å². The number of amides is 1. The first-order valence-electron chi connectivity index (χ1n) is 8.97. The monoisotopic (exact) mass is 330 g/mol. The van der Waals surface area contributed by atoms with Crippen molar-refractivity contribution in [2.75, 3.05) is 0 Å². The van der Waals surface area contributed by atoms with E-state index in [-0.39, 0.29) is 12.3 Å². The lowest BCUT2D eigenvalue weighted by Gasteiger charge is -2.20. The molecule has 0 bridgehead atoms. The van der Waals surface area contributed by atoms with E-state index in [1.165, 1.54) is 32.1 Å². The summed E-state index contributed by atoms with van der Waals surface area (Å²) >= 11 is 0. The van der Waals surface area contributed by atoms with Crippen LogP contribution in [0, 0.1) is 12.8 Å². The summed E-state index contributed by atoms with van der Waals surface area (Å²) in [5.41, 5.74) is 0.682. The Bertz CT molecular complexity index is 660. The van der Waals surface area contributed by atoms with E-state index in [1.54, 1.807) is 18.4 Å². The van der Waals surface area contributed by atoms with Gasteiger partial charge in [-0.2, -0.15) is 0 Å². The molecule has 2 unspecified atom stereocenters. The van der Waals surface area contributed by atoms with Gasteiger partial charge in [0.2, 0.25) is 5.91 Å². The first-order valence-corrected chi connectivity index (χ1v) is 8.97. The lowest BCUT2D eigenvalue weighted by atomic mass is 9.96. The summed E-state index contributed by atoms with van der Waals surface area (Å²) in [7, 11) is 0. The summed E-state index contributed by atoms with van der Waals surface area (Å²) in [6, 6.07) is 3.91. The van der Waals surface area contributed by atoms with Crippen molar-refractivity contribution in [3.63, 3.8) is 0 Å². The third-order valence-corrected chi connectivity index (χ3v) is 4.89. The number of nitrogens with one attached hydrogen (secondary N) is 1. The van der Waals surface area contributed by atoms with Crippen LogP contribution in [0.25, 0.3) is 11.7 Å². The van der Waals surface area contributed by atoms with E-state index in [4.69, 9.17) is 8.83 Å². The number of rotatable bonds is 7. The van der Waals surface area contributed by atoms with E-state index >= 15 is 0 Å². The Morgan fingerprint density at radius 2 is 2.29 bits per heavy atom. The number of nitrogens with zero attached hydrogens (tertiary/aromatic N) is 1. The molecule has 5 nitrogen and oxygen atoms in total. The van der Waals surface area contributed by atoms with Gasteiger partial charge in [0.1, 0.15) is 5.76 Å². The maximum Gasteiger partial charge on any atom is 0.263 e. The first kappa shape index (κ1) is 16.8.